The van der Waals surface area contributed by atoms with Crippen LogP contribution in [0, 0.1) is 0 Å². The molecule has 0 radical (unpaired) electrons. The van der Waals surface area contributed by atoms with Crippen molar-refractivity contribution in [3.05, 3.63) is 151 Å². The van der Waals surface area contributed by atoms with E-state index in [4.69, 9.17) is 0 Å². The van der Waals surface area contributed by atoms with E-state index in [1.165, 1.54) is 75.3 Å². The van der Waals surface area contributed by atoms with Crippen molar-refractivity contribution in [3.63, 3.8) is 0 Å². The van der Waals surface area contributed by atoms with Gasteiger partial charge in [0.05, 0.1) is 5.69 Å². The van der Waals surface area contributed by atoms with Crippen molar-refractivity contribution < 1.29 is 0 Å². The lowest BCUT2D eigenvalue weighted by molar-refractivity contribution is 0.660. The fraction of sp³-hybridized carbons (Fsp3) is 0.0732. The topological polar surface area (TPSA) is 3.24 Å². The summed E-state index contributed by atoms with van der Waals surface area (Å²) in [5.41, 5.74) is 8.96. The zero-order valence-corrected chi connectivity index (χ0v) is 25.0. The number of thiophene rings is 1. The van der Waals surface area contributed by atoms with Crippen LogP contribution in [0.25, 0.3) is 52.8 Å². The van der Waals surface area contributed by atoms with Crippen LogP contribution in [0.3, 0.4) is 0 Å². The molecule has 0 fully saturated rings. The number of para-hydroxylation sites is 1. The highest BCUT2D eigenvalue weighted by Gasteiger charge is 2.35. The van der Waals surface area contributed by atoms with E-state index in [-0.39, 0.29) is 5.41 Å². The molecule has 9 rings (SSSR count). The van der Waals surface area contributed by atoms with Gasteiger partial charge >= 0.3 is 0 Å². The molecule has 43 heavy (non-hydrogen) atoms. The number of fused-ring (bicyclic) bond motifs is 10. The molecule has 0 N–H and O–H groups in total. The third-order valence-electron chi connectivity index (χ3n) is 9.43. The highest BCUT2D eigenvalue weighted by atomic mass is 32.1. The minimum Gasteiger partial charge on any atom is -0.310 e. The summed E-state index contributed by atoms with van der Waals surface area (Å²) in [4.78, 5) is 2.46. The van der Waals surface area contributed by atoms with Gasteiger partial charge in [0.1, 0.15) is 0 Å². The molecule has 0 saturated carbocycles. The van der Waals surface area contributed by atoms with E-state index in [1.54, 1.807) is 0 Å². The third kappa shape index (κ3) is 3.51. The Morgan fingerprint density at radius 3 is 2.09 bits per heavy atom. The summed E-state index contributed by atoms with van der Waals surface area (Å²) < 4.78 is 2.69. The van der Waals surface area contributed by atoms with E-state index in [2.05, 4.69) is 158 Å². The molecule has 0 aliphatic heterocycles. The average molecular weight is 568 g/mol. The van der Waals surface area contributed by atoms with Crippen LogP contribution < -0.4 is 4.90 Å². The lowest BCUT2D eigenvalue weighted by Gasteiger charge is -2.29. The molecule has 7 aromatic carbocycles. The van der Waals surface area contributed by atoms with Crippen molar-refractivity contribution in [1.82, 2.24) is 0 Å². The zero-order chi connectivity index (χ0) is 28.7. The van der Waals surface area contributed by atoms with Gasteiger partial charge in [-0.3, -0.25) is 0 Å². The first kappa shape index (κ1) is 24.7. The van der Waals surface area contributed by atoms with E-state index in [0.29, 0.717) is 0 Å². The monoisotopic (exact) mass is 567 g/mol. The summed E-state index contributed by atoms with van der Waals surface area (Å²) >= 11 is 1.91. The Morgan fingerprint density at radius 2 is 1.21 bits per heavy atom. The lowest BCUT2D eigenvalue weighted by Crippen LogP contribution is -2.15. The Bertz CT molecular complexity index is 2380. The summed E-state index contributed by atoms with van der Waals surface area (Å²) in [5, 5.41) is 7.82. The summed E-state index contributed by atoms with van der Waals surface area (Å²) in [6, 6.07) is 51.6. The molecule has 0 saturated heterocycles. The Kier molecular flexibility index (Phi) is 5.18. The van der Waals surface area contributed by atoms with Gasteiger partial charge < -0.3 is 4.90 Å². The second-order valence-electron chi connectivity index (χ2n) is 12.2. The molecule has 1 nitrogen and oxygen atoms in total. The Labute approximate surface area is 255 Å². The molecular weight excluding hydrogens is 539 g/mol. The summed E-state index contributed by atoms with van der Waals surface area (Å²) in [6.45, 7) is 4.69. The van der Waals surface area contributed by atoms with E-state index < -0.39 is 0 Å². The average Bonchev–Trinajstić information content (AvgIpc) is 3.54. The molecule has 0 spiro atoms. The molecule has 1 heterocycles. The largest absolute Gasteiger partial charge is 0.310 e. The van der Waals surface area contributed by atoms with Crippen molar-refractivity contribution in [2.24, 2.45) is 0 Å². The van der Waals surface area contributed by atoms with Crippen LogP contribution in [-0.2, 0) is 5.41 Å². The van der Waals surface area contributed by atoms with Gasteiger partial charge in [-0.15, -0.1) is 11.3 Å². The fourth-order valence-corrected chi connectivity index (χ4v) is 8.65. The van der Waals surface area contributed by atoms with Gasteiger partial charge in [0, 0.05) is 47.7 Å². The first-order valence-corrected chi connectivity index (χ1v) is 15.8. The highest BCUT2D eigenvalue weighted by Crippen LogP contribution is 2.52. The second kappa shape index (κ2) is 9.04. The van der Waals surface area contributed by atoms with Crippen LogP contribution in [0.2, 0.25) is 0 Å². The number of hydrogen-bond acceptors (Lipinski definition) is 2. The number of rotatable bonds is 3. The Hall–Kier alpha value is -4.92. The fourth-order valence-electron chi connectivity index (χ4n) is 7.38. The van der Waals surface area contributed by atoms with Crippen LogP contribution in [0.4, 0.5) is 17.1 Å². The van der Waals surface area contributed by atoms with Gasteiger partial charge in [0.2, 0.25) is 0 Å². The molecule has 8 aromatic rings. The number of benzene rings is 7. The van der Waals surface area contributed by atoms with Crippen molar-refractivity contribution in [1.29, 1.82) is 0 Å². The van der Waals surface area contributed by atoms with Crippen LogP contribution in [0.1, 0.15) is 25.0 Å². The molecule has 0 bridgehead atoms. The van der Waals surface area contributed by atoms with Crippen LogP contribution in [0.15, 0.2) is 140 Å². The molecule has 204 valence electrons. The molecule has 2 heteroatoms. The molecule has 0 amide bonds. The highest BCUT2D eigenvalue weighted by molar-refractivity contribution is 7.26. The quantitative estimate of drug-likeness (QED) is 0.192. The molecule has 1 aromatic heterocycles. The molecule has 0 unspecified atom stereocenters. The number of nitrogens with zero attached hydrogens (tertiary/aromatic N) is 1. The summed E-state index contributed by atoms with van der Waals surface area (Å²) in [7, 11) is 0. The number of anilines is 3. The Balaban J connectivity index is 1.38. The minimum absolute atomic E-state index is 0.0234. The lowest BCUT2D eigenvalue weighted by atomic mass is 9.82. The van der Waals surface area contributed by atoms with Crippen molar-refractivity contribution in [3.8, 4) is 11.1 Å². The van der Waals surface area contributed by atoms with Crippen LogP contribution in [0.5, 0.6) is 0 Å². The predicted molar refractivity (Wildman–Crippen MR) is 187 cm³/mol. The van der Waals surface area contributed by atoms with E-state index in [0.717, 1.165) is 5.69 Å². The first-order chi connectivity index (χ1) is 21.1. The van der Waals surface area contributed by atoms with Crippen molar-refractivity contribution in [2.75, 3.05) is 4.90 Å². The maximum absolute atomic E-state index is 2.46. The maximum atomic E-state index is 2.46. The summed E-state index contributed by atoms with van der Waals surface area (Å²) in [5.74, 6) is 0. The van der Waals surface area contributed by atoms with Crippen molar-refractivity contribution >= 4 is 70.1 Å². The summed E-state index contributed by atoms with van der Waals surface area (Å²) in [6.07, 6.45) is 0. The number of hydrogen-bond donors (Lipinski definition) is 0. The van der Waals surface area contributed by atoms with Crippen molar-refractivity contribution in [2.45, 2.75) is 19.3 Å². The molecule has 1 aliphatic carbocycles. The van der Waals surface area contributed by atoms with Crippen LogP contribution >= 0.6 is 11.3 Å². The maximum Gasteiger partial charge on any atom is 0.0546 e. The third-order valence-corrected chi connectivity index (χ3v) is 10.6. The van der Waals surface area contributed by atoms with E-state index in [9.17, 15) is 0 Å². The van der Waals surface area contributed by atoms with E-state index >= 15 is 0 Å². The van der Waals surface area contributed by atoms with Gasteiger partial charge in [-0.25, -0.2) is 0 Å². The first-order valence-electron chi connectivity index (χ1n) is 14.9. The van der Waals surface area contributed by atoms with Gasteiger partial charge in [0.15, 0.2) is 0 Å². The molecular formula is C41H29NS. The second-order valence-corrected chi connectivity index (χ2v) is 13.2. The SMILES string of the molecule is CC1(C)c2ccccc2-c2cc(N(c3ccccc3)c3cc4ccccc4c4c3ccc3c5ccccc5sc34)ccc21. The standard InChI is InChI=1S/C41H29NS/c1-41(2)35-18-10-8-16-30(35)34-25-28(20-23-36(34)41)42(27-13-4-3-5-14-27)37-24-26-12-6-7-15-29(26)39-33(37)22-21-32-31-17-9-11-19-38(31)43-40(32)39/h3-25H,1-2H3. The molecule has 0 atom stereocenters. The van der Waals surface area contributed by atoms with E-state index in [1.807, 2.05) is 11.3 Å². The normalized spacial score (nSPS) is 13.5. The van der Waals surface area contributed by atoms with Gasteiger partial charge in [0.25, 0.3) is 0 Å². The minimum atomic E-state index is -0.0234. The molecule has 1 aliphatic rings. The zero-order valence-electron chi connectivity index (χ0n) is 24.1. The Morgan fingerprint density at radius 1 is 0.512 bits per heavy atom. The van der Waals surface area contributed by atoms with Crippen LogP contribution in [-0.4, -0.2) is 0 Å². The van der Waals surface area contributed by atoms with Gasteiger partial charge in [-0.05, 0) is 69.4 Å². The smallest absolute Gasteiger partial charge is 0.0546 e. The predicted octanol–water partition coefficient (Wildman–Crippen LogP) is 12.1. The van der Waals surface area contributed by atoms with Gasteiger partial charge in [-0.2, -0.15) is 0 Å². The van der Waals surface area contributed by atoms with Gasteiger partial charge in [-0.1, -0.05) is 117 Å².